The molecule has 28 heavy (non-hydrogen) atoms. The zero-order valence-corrected chi connectivity index (χ0v) is 16.0. The fourth-order valence-electron chi connectivity index (χ4n) is 2.38. The number of rotatable bonds is 7. The van der Waals surface area contributed by atoms with Crippen molar-refractivity contribution >= 4 is 23.6 Å². The maximum absolute atomic E-state index is 11.3. The van der Waals surface area contributed by atoms with Crippen molar-refractivity contribution in [2.24, 2.45) is 5.10 Å². The number of hydrazone groups is 1. The molecule has 3 aromatic rings. The van der Waals surface area contributed by atoms with E-state index in [0.29, 0.717) is 27.8 Å². The van der Waals surface area contributed by atoms with E-state index in [-0.39, 0.29) is 12.4 Å². The number of nitrogens with zero attached hydrogens (tertiary/aromatic N) is 3. The van der Waals surface area contributed by atoms with Gasteiger partial charge in [-0.2, -0.15) is 15.2 Å². The van der Waals surface area contributed by atoms with Gasteiger partial charge >= 0.3 is 5.69 Å². The molecule has 0 aliphatic heterocycles. The van der Waals surface area contributed by atoms with Gasteiger partial charge in [0.1, 0.15) is 12.3 Å². The Bertz CT molecular complexity index is 1050. The number of methoxy groups -OCH3 is 1. The number of benzene rings is 2. The monoisotopic (exact) mass is 399 g/mol. The average molecular weight is 400 g/mol. The maximum atomic E-state index is 11.3. The summed E-state index contributed by atoms with van der Waals surface area (Å²) in [5.41, 5.74) is 4.19. The molecule has 0 saturated carbocycles. The number of aromatic amines is 1. The first-order valence-electron chi connectivity index (χ1n) is 8.34. The number of anilines is 1. The molecule has 0 saturated heterocycles. The van der Waals surface area contributed by atoms with Gasteiger partial charge in [0.25, 0.3) is 0 Å². The summed E-state index contributed by atoms with van der Waals surface area (Å²) in [5.74, 6) is 1.34. The summed E-state index contributed by atoms with van der Waals surface area (Å²) >= 11 is 6.19. The normalized spacial score (nSPS) is 10.8. The first-order chi connectivity index (χ1) is 13.6. The maximum Gasteiger partial charge on any atom is 0.363 e. The van der Waals surface area contributed by atoms with Crippen LogP contribution < -0.4 is 20.6 Å². The summed E-state index contributed by atoms with van der Waals surface area (Å²) in [7, 11) is 1.56. The first kappa shape index (κ1) is 19.4. The molecule has 0 aliphatic carbocycles. The van der Waals surface area contributed by atoms with Gasteiger partial charge in [-0.05, 0) is 25.1 Å². The zero-order chi connectivity index (χ0) is 19.9. The average Bonchev–Trinajstić information content (AvgIpc) is 2.70. The number of hydrogen-bond acceptors (Lipinski definition) is 7. The van der Waals surface area contributed by atoms with Crippen molar-refractivity contribution in [3.8, 4) is 11.5 Å². The van der Waals surface area contributed by atoms with Crippen LogP contribution in [0, 0.1) is 6.92 Å². The Hall–Kier alpha value is -3.39. The SMILES string of the molecule is COc1cccc(C=NNc2nc(=O)[nH]nc2C)c1OCc1ccccc1Cl. The predicted octanol–water partition coefficient (Wildman–Crippen LogP) is 3.16. The van der Waals surface area contributed by atoms with Gasteiger partial charge in [-0.1, -0.05) is 35.9 Å². The highest BCUT2D eigenvalue weighted by molar-refractivity contribution is 6.31. The molecular formula is C19H18ClN5O3. The van der Waals surface area contributed by atoms with E-state index in [1.165, 1.54) is 0 Å². The molecule has 1 heterocycles. The second-order valence-corrected chi connectivity index (χ2v) is 6.11. The highest BCUT2D eigenvalue weighted by atomic mass is 35.5. The molecule has 0 fully saturated rings. The van der Waals surface area contributed by atoms with Crippen LogP contribution >= 0.6 is 11.6 Å². The van der Waals surface area contributed by atoms with Gasteiger partial charge in [0.15, 0.2) is 17.3 Å². The third-order valence-electron chi connectivity index (χ3n) is 3.81. The third kappa shape index (κ3) is 4.66. The number of hydrogen-bond donors (Lipinski definition) is 2. The number of aromatic nitrogens is 3. The summed E-state index contributed by atoms with van der Waals surface area (Å²) in [6, 6.07) is 12.9. The van der Waals surface area contributed by atoms with Crippen molar-refractivity contribution in [2.45, 2.75) is 13.5 Å². The van der Waals surface area contributed by atoms with Crippen LogP contribution in [0.4, 0.5) is 5.82 Å². The molecule has 1 aromatic heterocycles. The number of nitrogens with one attached hydrogen (secondary N) is 2. The second kappa shape index (κ2) is 9.01. The van der Waals surface area contributed by atoms with E-state index in [9.17, 15) is 4.79 Å². The van der Waals surface area contributed by atoms with Crippen molar-refractivity contribution in [3.05, 3.63) is 74.8 Å². The number of halogens is 1. The molecule has 3 rings (SSSR count). The number of aryl methyl sites for hydroxylation is 1. The van der Waals surface area contributed by atoms with Gasteiger partial charge < -0.3 is 9.47 Å². The molecule has 0 atom stereocenters. The zero-order valence-electron chi connectivity index (χ0n) is 15.3. The molecule has 9 heteroatoms. The Morgan fingerprint density at radius 1 is 1.25 bits per heavy atom. The number of H-pyrrole nitrogens is 1. The van der Waals surface area contributed by atoms with Gasteiger partial charge in [0.2, 0.25) is 0 Å². The minimum absolute atomic E-state index is 0.265. The summed E-state index contributed by atoms with van der Waals surface area (Å²) in [6.45, 7) is 1.97. The summed E-state index contributed by atoms with van der Waals surface area (Å²) in [6.07, 6.45) is 1.55. The Labute approximate surface area is 166 Å². The van der Waals surface area contributed by atoms with Gasteiger partial charge in [0, 0.05) is 16.1 Å². The van der Waals surface area contributed by atoms with E-state index >= 15 is 0 Å². The van der Waals surface area contributed by atoms with E-state index in [2.05, 4.69) is 25.7 Å². The highest BCUT2D eigenvalue weighted by Crippen LogP contribution is 2.31. The molecule has 2 N–H and O–H groups in total. The van der Waals surface area contributed by atoms with Crippen molar-refractivity contribution < 1.29 is 9.47 Å². The minimum atomic E-state index is -0.562. The van der Waals surface area contributed by atoms with E-state index in [1.807, 2.05) is 30.3 Å². The fraction of sp³-hybridized carbons (Fsp3) is 0.158. The summed E-state index contributed by atoms with van der Waals surface area (Å²) < 4.78 is 11.4. The Morgan fingerprint density at radius 2 is 2.07 bits per heavy atom. The molecule has 0 bridgehead atoms. The van der Waals surface area contributed by atoms with Gasteiger partial charge in [-0.15, -0.1) is 0 Å². The lowest BCUT2D eigenvalue weighted by atomic mass is 10.2. The Kier molecular flexibility index (Phi) is 6.23. The van der Waals surface area contributed by atoms with Crippen LogP contribution in [0.2, 0.25) is 5.02 Å². The molecule has 0 aliphatic rings. The molecule has 8 nitrogen and oxygen atoms in total. The molecule has 0 spiro atoms. The molecule has 2 aromatic carbocycles. The quantitative estimate of drug-likeness (QED) is 0.467. The number of ether oxygens (including phenoxy) is 2. The minimum Gasteiger partial charge on any atom is -0.493 e. The molecule has 144 valence electrons. The predicted molar refractivity (Wildman–Crippen MR) is 107 cm³/mol. The van der Waals surface area contributed by atoms with Crippen LogP contribution in [-0.2, 0) is 6.61 Å². The number of para-hydroxylation sites is 1. The van der Waals surface area contributed by atoms with Crippen molar-refractivity contribution in [3.63, 3.8) is 0 Å². The largest absolute Gasteiger partial charge is 0.493 e. The van der Waals surface area contributed by atoms with Crippen molar-refractivity contribution in [1.29, 1.82) is 0 Å². The molecule has 0 radical (unpaired) electrons. The lowest BCUT2D eigenvalue weighted by Crippen LogP contribution is -2.15. The van der Waals surface area contributed by atoms with Crippen LogP contribution in [0.5, 0.6) is 11.5 Å². The Balaban J connectivity index is 1.81. The van der Waals surface area contributed by atoms with Crippen molar-refractivity contribution in [1.82, 2.24) is 15.2 Å². The van der Waals surface area contributed by atoms with Crippen molar-refractivity contribution in [2.75, 3.05) is 12.5 Å². The summed E-state index contributed by atoms with van der Waals surface area (Å²) in [5, 5.41) is 10.8. The highest BCUT2D eigenvalue weighted by Gasteiger charge is 2.11. The van der Waals surface area contributed by atoms with Crippen LogP contribution in [0.15, 0.2) is 52.4 Å². The van der Waals surface area contributed by atoms with Gasteiger partial charge in [-0.25, -0.2) is 9.89 Å². The standard InChI is InChI=1S/C19H18ClN5O3/c1-12-18(22-19(26)25-23-12)24-21-10-13-7-5-9-16(27-2)17(13)28-11-14-6-3-4-8-15(14)20/h3-10H,11H2,1-2H3,(H2,22,24,25,26). The first-order valence-corrected chi connectivity index (χ1v) is 8.72. The smallest absolute Gasteiger partial charge is 0.363 e. The fourth-order valence-corrected chi connectivity index (χ4v) is 2.57. The second-order valence-electron chi connectivity index (χ2n) is 5.70. The van der Waals surface area contributed by atoms with E-state index < -0.39 is 5.69 Å². The molecule has 0 amide bonds. The lowest BCUT2D eigenvalue weighted by Gasteiger charge is -2.14. The summed E-state index contributed by atoms with van der Waals surface area (Å²) in [4.78, 5) is 15.1. The van der Waals surface area contributed by atoms with Gasteiger partial charge in [0.05, 0.1) is 13.3 Å². The van der Waals surface area contributed by atoms with Crippen LogP contribution in [0.25, 0.3) is 0 Å². The van der Waals surface area contributed by atoms with E-state index in [1.54, 1.807) is 32.4 Å². The Morgan fingerprint density at radius 3 is 2.86 bits per heavy atom. The van der Waals surface area contributed by atoms with E-state index in [4.69, 9.17) is 21.1 Å². The lowest BCUT2D eigenvalue weighted by molar-refractivity contribution is 0.284. The third-order valence-corrected chi connectivity index (χ3v) is 4.18. The van der Waals surface area contributed by atoms with Crippen LogP contribution in [-0.4, -0.2) is 28.5 Å². The topological polar surface area (TPSA) is 101 Å². The van der Waals surface area contributed by atoms with Crippen LogP contribution in [0.3, 0.4) is 0 Å². The van der Waals surface area contributed by atoms with Gasteiger partial charge in [-0.3, -0.25) is 5.43 Å². The van der Waals surface area contributed by atoms with E-state index in [0.717, 1.165) is 5.56 Å². The molecular weight excluding hydrogens is 382 g/mol. The van der Waals surface area contributed by atoms with Crippen LogP contribution in [0.1, 0.15) is 16.8 Å². The molecule has 0 unspecified atom stereocenters.